The molecule has 1 amide bonds. The summed E-state index contributed by atoms with van der Waals surface area (Å²) in [5.41, 5.74) is 0.135. The molecule has 0 spiro atoms. The Bertz CT molecular complexity index is 1320. The fraction of sp³-hybridized carbons (Fsp3) is 0.182. The molecule has 0 bridgehead atoms. The lowest BCUT2D eigenvalue weighted by molar-refractivity contribution is -0.122. The van der Waals surface area contributed by atoms with Gasteiger partial charge in [-0.25, -0.2) is 0 Å². The Hall–Kier alpha value is -2.39. The zero-order chi connectivity index (χ0) is 22.8. The van der Waals surface area contributed by atoms with Crippen LogP contribution in [0.25, 0.3) is 11.7 Å². The van der Waals surface area contributed by atoms with Crippen molar-refractivity contribution >= 4 is 69.1 Å². The first kappa shape index (κ1) is 22.8. The molecule has 1 aromatic carbocycles. The minimum absolute atomic E-state index is 0.0317. The molecular formula is C22H17Cl2N3O3S2. The average Bonchev–Trinajstić information content (AvgIpc) is 3.03. The number of thiocarbonyl (C=S) groups is 1. The second kappa shape index (κ2) is 9.62. The van der Waals surface area contributed by atoms with Crippen LogP contribution >= 0.6 is 47.2 Å². The van der Waals surface area contributed by atoms with Crippen LogP contribution in [0.3, 0.4) is 0 Å². The fourth-order valence-electron chi connectivity index (χ4n) is 3.09. The molecule has 3 aromatic rings. The number of amides is 1. The first-order chi connectivity index (χ1) is 15.4. The molecule has 0 unspecified atom stereocenters. The van der Waals surface area contributed by atoms with E-state index in [1.165, 1.54) is 16.5 Å². The van der Waals surface area contributed by atoms with E-state index in [1.807, 2.05) is 6.92 Å². The molecule has 1 aliphatic rings. The second-order valence-electron chi connectivity index (χ2n) is 6.93. The zero-order valence-corrected chi connectivity index (χ0v) is 20.0. The van der Waals surface area contributed by atoms with E-state index in [9.17, 15) is 9.59 Å². The molecule has 0 radical (unpaired) electrons. The SMILES string of the molecule is CCCCN1C(=O)/C(=C\c2c(Oc3ccc(Cl)cc3Cl)nc3ccccn3c2=O)SC1=S. The van der Waals surface area contributed by atoms with Crippen molar-refractivity contribution in [3.8, 4) is 11.6 Å². The van der Waals surface area contributed by atoms with Crippen molar-refractivity contribution in [2.24, 2.45) is 0 Å². The van der Waals surface area contributed by atoms with E-state index in [2.05, 4.69) is 4.98 Å². The zero-order valence-electron chi connectivity index (χ0n) is 16.9. The largest absolute Gasteiger partial charge is 0.437 e. The van der Waals surface area contributed by atoms with Gasteiger partial charge in [-0.2, -0.15) is 4.98 Å². The van der Waals surface area contributed by atoms with Crippen molar-refractivity contribution in [2.75, 3.05) is 6.54 Å². The van der Waals surface area contributed by atoms with Crippen molar-refractivity contribution in [1.29, 1.82) is 0 Å². The Labute approximate surface area is 203 Å². The minimum Gasteiger partial charge on any atom is -0.437 e. The standard InChI is InChI=1S/C22H17Cl2N3O3S2/c1-2-3-9-27-21(29)17(32-22(27)31)12-14-19(30-16-8-7-13(23)11-15(16)24)25-18-6-4-5-10-26(18)20(14)28/h4-8,10-12H,2-3,9H2,1H3/b17-12+. The van der Waals surface area contributed by atoms with Crippen molar-refractivity contribution in [3.63, 3.8) is 0 Å². The number of thioether (sulfide) groups is 1. The highest BCUT2D eigenvalue weighted by Crippen LogP contribution is 2.36. The number of carbonyl (C=O) groups excluding carboxylic acids is 1. The van der Waals surface area contributed by atoms with E-state index < -0.39 is 0 Å². The van der Waals surface area contributed by atoms with E-state index in [-0.39, 0.29) is 33.7 Å². The molecule has 32 heavy (non-hydrogen) atoms. The topological polar surface area (TPSA) is 63.9 Å². The number of rotatable bonds is 6. The number of halogens is 2. The average molecular weight is 506 g/mol. The van der Waals surface area contributed by atoms with Crippen LogP contribution in [0, 0.1) is 0 Å². The van der Waals surface area contributed by atoms with Gasteiger partial charge in [0.25, 0.3) is 11.5 Å². The third-order valence-electron chi connectivity index (χ3n) is 4.72. The summed E-state index contributed by atoms with van der Waals surface area (Å²) >= 11 is 18.7. The molecule has 3 heterocycles. The highest BCUT2D eigenvalue weighted by atomic mass is 35.5. The smallest absolute Gasteiger partial charge is 0.269 e. The summed E-state index contributed by atoms with van der Waals surface area (Å²) in [4.78, 5) is 32.6. The number of aromatic nitrogens is 2. The summed E-state index contributed by atoms with van der Waals surface area (Å²) in [5.74, 6) is 0.0825. The molecule has 1 saturated heterocycles. The molecule has 1 fully saturated rings. The number of benzene rings is 1. The number of hydrogen-bond acceptors (Lipinski definition) is 6. The van der Waals surface area contributed by atoms with Crippen LogP contribution in [0.5, 0.6) is 11.6 Å². The van der Waals surface area contributed by atoms with Gasteiger partial charge in [-0.3, -0.25) is 18.9 Å². The number of ether oxygens (including phenoxy) is 1. The lowest BCUT2D eigenvalue weighted by Crippen LogP contribution is -2.29. The van der Waals surface area contributed by atoms with Crippen LogP contribution in [-0.4, -0.2) is 31.1 Å². The van der Waals surface area contributed by atoms with E-state index in [1.54, 1.807) is 41.4 Å². The molecule has 0 N–H and O–H groups in total. The van der Waals surface area contributed by atoms with Gasteiger partial charge in [0.15, 0.2) is 0 Å². The Morgan fingerprint density at radius 1 is 1.22 bits per heavy atom. The molecule has 2 aromatic heterocycles. The number of carbonyl (C=O) groups is 1. The van der Waals surface area contributed by atoms with E-state index in [4.69, 9.17) is 40.2 Å². The van der Waals surface area contributed by atoms with Gasteiger partial charge in [0, 0.05) is 17.8 Å². The summed E-state index contributed by atoms with van der Waals surface area (Å²) in [6, 6.07) is 9.92. The number of hydrogen-bond donors (Lipinski definition) is 0. The molecule has 10 heteroatoms. The highest BCUT2D eigenvalue weighted by molar-refractivity contribution is 8.26. The van der Waals surface area contributed by atoms with Crippen LogP contribution in [0.2, 0.25) is 10.0 Å². The summed E-state index contributed by atoms with van der Waals surface area (Å²) in [6.45, 7) is 2.58. The quantitative estimate of drug-likeness (QED) is 0.311. The fourth-order valence-corrected chi connectivity index (χ4v) is 4.82. The predicted octanol–water partition coefficient (Wildman–Crippen LogP) is 5.79. The summed E-state index contributed by atoms with van der Waals surface area (Å²) in [5, 5.41) is 0.717. The van der Waals surface area contributed by atoms with Crippen LogP contribution in [0.1, 0.15) is 25.3 Å². The van der Waals surface area contributed by atoms with Crippen LogP contribution in [-0.2, 0) is 4.79 Å². The number of nitrogens with zero attached hydrogens (tertiary/aromatic N) is 3. The van der Waals surface area contributed by atoms with Crippen molar-refractivity contribution in [3.05, 3.63) is 73.5 Å². The molecule has 0 atom stereocenters. The number of unbranched alkanes of at least 4 members (excludes halogenated alkanes) is 1. The van der Waals surface area contributed by atoms with Crippen molar-refractivity contribution < 1.29 is 9.53 Å². The first-order valence-electron chi connectivity index (χ1n) is 9.78. The van der Waals surface area contributed by atoms with Gasteiger partial charge < -0.3 is 4.74 Å². The predicted molar refractivity (Wildman–Crippen MR) is 133 cm³/mol. The number of fused-ring (bicyclic) bond motifs is 1. The van der Waals surface area contributed by atoms with Gasteiger partial charge in [0.05, 0.1) is 9.93 Å². The third-order valence-corrected chi connectivity index (χ3v) is 6.63. The Balaban J connectivity index is 1.82. The van der Waals surface area contributed by atoms with E-state index in [0.29, 0.717) is 26.4 Å². The second-order valence-corrected chi connectivity index (χ2v) is 9.45. The van der Waals surface area contributed by atoms with Gasteiger partial charge in [0.1, 0.15) is 21.3 Å². The van der Waals surface area contributed by atoms with Gasteiger partial charge in [-0.15, -0.1) is 0 Å². The molecule has 0 saturated carbocycles. The molecule has 6 nitrogen and oxygen atoms in total. The Morgan fingerprint density at radius 3 is 2.78 bits per heavy atom. The molecule has 0 aliphatic carbocycles. The molecule has 164 valence electrons. The van der Waals surface area contributed by atoms with Crippen LogP contribution in [0.15, 0.2) is 52.3 Å². The molecule has 1 aliphatic heterocycles. The normalized spacial score (nSPS) is 15.2. The Morgan fingerprint density at radius 2 is 2.03 bits per heavy atom. The summed E-state index contributed by atoms with van der Waals surface area (Å²) in [7, 11) is 0. The lowest BCUT2D eigenvalue weighted by Gasteiger charge is -2.13. The maximum Gasteiger partial charge on any atom is 0.269 e. The monoisotopic (exact) mass is 505 g/mol. The number of pyridine rings is 1. The molecule has 4 rings (SSSR count). The first-order valence-corrected chi connectivity index (χ1v) is 11.8. The van der Waals surface area contributed by atoms with Gasteiger partial charge in [0.2, 0.25) is 5.88 Å². The third kappa shape index (κ3) is 4.54. The summed E-state index contributed by atoms with van der Waals surface area (Å²) in [6.07, 6.45) is 4.86. The lowest BCUT2D eigenvalue weighted by atomic mass is 10.2. The van der Waals surface area contributed by atoms with Gasteiger partial charge >= 0.3 is 0 Å². The minimum atomic E-state index is -0.380. The molecular weight excluding hydrogens is 489 g/mol. The highest BCUT2D eigenvalue weighted by Gasteiger charge is 2.32. The van der Waals surface area contributed by atoms with E-state index in [0.717, 1.165) is 24.6 Å². The van der Waals surface area contributed by atoms with Crippen LogP contribution in [0.4, 0.5) is 0 Å². The summed E-state index contributed by atoms with van der Waals surface area (Å²) < 4.78 is 7.78. The van der Waals surface area contributed by atoms with Gasteiger partial charge in [-0.1, -0.05) is 66.6 Å². The van der Waals surface area contributed by atoms with Gasteiger partial charge in [-0.05, 0) is 42.8 Å². The van der Waals surface area contributed by atoms with Crippen molar-refractivity contribution in [2.45, 2.75) is 19.8 Å². The maximum atomic E-state index is 13.3. The van der Waals surface area contributed by atoms with E-state index >= 15 is 0 Å². The maximum absolute atomic E-state index is 13.3. The Kier molecular flexibility index (Phi) is 6.85. The van der Waals surface area contributed by atoms with Crippen molar-refractivity contribution in [1.82, 2.24) is 14.3 Å². The van der Waals surface area contributed by atoms with Crippen LogP contribution < -0.4 is 10.3 Å².